The van der Waals surface area contributed by atoms with Crippen LogP contribution in [0.25, 0.3) is 0 Å². The van der Waals surface area contributed by atoms with Crippen molar-refractivity contribution < 1.29 is 22.9 Å². The minimum atomic E-state index is -3.25. The van der Waals surface area contributed by atoms with Gasteiger partial charge in [0, 0.05) is 6.07 Å². The Labute approximate surface area is 184 Å². The number of nitrogens with one attached hydrogen (secondary N) is 2. The molecule has 0 aromatic heterocycles. The Balaban J connectivity index is 1.32. The third-order valence-electron chi connectivity index (χ3n) is 6.98. The van der Waals surface area contributed by atoms with E-state index in [0.29, 0.717) is 19.4 Å². The van der Waals surface area contributed by atoms with Gasteiger partial charge in [-0.2, -0.15) is 0 Å². The summed E-state index contributed by atoms with van der Waals surface area (Å²) in [6, 6.07) is 2.40. The summed E-state index contributed by atoms with van der Waals surface area (Å²) in [6.45, 7) is 0.468. The van der Waals surface area contributed by atoms with Crippen molar-refractivity contribution in [2.45, 2.75) is 69.5 Å². The number of carbonyl (C=O) groups excluding carboxylic acids is 1. The molecular formula is C23H33FN2O4S. The number of ether oxygens (including phenoxy) is 2. The van der Waals surface area contributed by atoms with Gasteiger partial charge in [-0.15, -0.1) is 0 Å². The molecule has 0 aliphatic heterocycles. The maximum absolute atomic E-state index is 14.6. The van der Waals surface area contributed by atoms with Crippen LogP contribution >= 0.6 is 0 Å². The normalized spacial score (nSPS) is 27.2. The summed E-state index contributed by atoms with van der Waals surface area (Å²) in [6.07, 6.45) is 11.6. The lowest BCUT2D eigenvalue weighted by Gasteiger charge is -2.39. The lowest BCUT2D eigenvalue weighted by Crippen LogP contribution is -2.32. The second-order valence-electron chi connectivity index (χ2n) is 9.44. The lowest BCUT2D eigenvalue weighted by molar-refractivity contribution is 0.0977. The molecule has 3 aliphatic rings. The minimum absolute atomic E-state index is 0.252. The third kappa shape index (κ3) is 5.51. The Morgan fingerprint density at radius 2 is 1.87 bits per heavy atom. The van der Waals surface area contributed by atoms with Gasteiger partial charge in [-0.05, 0) is 68.8 Å². The Hall–Kier alpha value is -1.83. The highest BCUT2D eigenvalue weighted by molar-refractivity contribution is 7.92. The van der Waals surface area contributed by atoms with Gasteiger partial charge < -0.3 is 9.47 Å². The van der Waals surface area contributed by atoms with Gasteiger partial charge in [0.15, 0.2) is 11.5 Å². The fourth-order valence-corrected chi connectivity index (χ4v) is 6.67. The topological polar surface area (TPSA) is 88.5 Å². The zero-order valence-corrected chi connectivity index (χ0v) is 19.0. The van der Waals surface area contributed by atoms with Gasteiger partial charge in [-0.25, -0.2) is 13.4 Å². The van der Waals surface area contributed by atoms with E-state index in [0.717, 1.165) is 36.7 Å². The molecule has 3 fully saturated rings. The van der Waals surface area contributed by atoms with Crippen LogP contribution in [0.3, 0.4) is 0 Å². The van der Waals surface area contributed by atoms with Crippen LogP contribution in [0.2, 0.25) is 0 Å². The average molecular weight is 453 g/mol. The maximum atomic E-state index is 14.6. The molecule has 31 heavy (non-hydrogen) atoms. The van der Waals surface area contributed by atoms with E-state index in [9.17, 15) is 13.4 Å². The molecule has 6 nitrogen and oxygen atoms in total. The van der Waals surface area contributed by atoms with Crippen LogP contribution in [-0.2, 0) is 9.92 Å². The lowest BCUT2D eigenvalue weighted by atomic mass is 9.67. The van der Waals surface area contributed by atoms with E-state index < -0.39 is 21.6 Å². The highest BCUT2D eigenvalue weighted by atomic mass is 32.2. The predicted molar refractivity (Wildman–Crippen MR) is 117 cm³/mol. The van der Waals surface area contributed by atoms with E-state index in [2.05, 4.69) is 4.72 Å². The highest BCUT2D eigenvalue weighted by Crippen LogP contribution is 2.44. The molecular weight excluding hydrogens is 419 g/mol. The number of methoxy groups -OCH3 is 1. The first kappa shape index (κ1) is 22.4. The number of hydrogen-bond donors (Lipinski definition) is 2. The molecule has 4 atom stereocenters. The molecule has 1 aromatic carbocycles. The van der Waals surface area contributed by atoms with E-state index in [1.807, 2.05) is 0 Å². The molecule has 4 rings (SSSR count). The zero-order chi connectivity index (χ0) is 22.0. The van der Waals surface area contributed by atoms with E-state index in [1.54, 1.807) is 0 Å². The minimum Gasteiger partial charge on any atom is -0.493 e. The quantitative estimate of drug-likeness (QED) is 0.512. The fourth-order valence-electron chi connectivity index (χ4n) is 5.32. The summed E-state index contributed by atoms with van der Waals surface area (Å²) in [5, 5.41) is -0.340. The first-order valence-corrected chi connectivity index (χ1v) is 13.1. The van der Waals surface area contributed by atoms with Crippen LogP contribution < -0.4 is 14.2 Å². The highest BCUT2D eigenvalue weighted by Gasteiger charge is 2.34. The summed E-state index contributed by atoms with van der Waals surface area (Å²) in [7, 11) is -1.82. The van der Waals surface area contributed by atoms with Crippen molar-refractivity contribution in [1.29, 1.82) is 4.78 Å². The van der Waals surface area contributed by atoms with Crippen molar-refractivity contribution in [3.8, 4) is 11.5 Å². The smallest absolute Gasteiger partial charge is 0.266 e. The Morgan fingerprint density at radius 1 is 1.16 bits per heavy atom. The Kier molecular flexibility index (Phi) is 6.74. The molecule has 0 radical (unpaired) electrons. The van der Waals surface area contributed by atoms with Crippen molar-refractivity contribution in [2.75, 3.05) is 13.7 Å². The zero-order valence-electron chi connectivity index (χ0n) is 18.2. The number of halogens is 1. The van der Waals surface area contributed by atoms with E-state index >= 15 is 0 Å². The second kappa shape index (κ2) is 9.35. The molecule has 0 spiro atoms. The summed E-state index contributed by atoms with van der Waals surface area (Å²) in [5.41, 5.74) is -0.293. The van der Waals surface area contributed by atoms with Crippen LogP contribution in [0.5, 0.6) is 11.5 Å². The molecule has 0 heterocycles. The molecule has 1 amide bonds. The average Bonchev–Trinajstić information content (AvgIpc) is 3.57. The van der Waals surface area contributed by atoms with Gasteiger partial charge in [0.05, 0.1) is 24.5 Å². The van der Waals surface area contributed by atoms with Crippen molar-refractivity contribution in [2.24, 2.45) is 17.8 Å². The third-order valence-corrected chi connectivity index (χ3v) is 8.87. The first-order chi connectivity index (χ1) is 14.9. The molecule has 1 aromatic rings. The largest absolute Gasteiger partial charge is 0.493 e. The van der Waals surface area contributed by atoms with Crippen molar-refractivity contribution in [1.82, 2.24) is 4.72 Å². The number of amides is 1. The molecule has 172 valence electrons. The molecule has 2 bridgehead atoms. The van der Waals surface area contributed by atoms with Gasteiger partial charge in [-0.3, -0.25) is 9.52 Å². The van der Waals surface area contributed by atoms with Gasteiger partial charge in [0.1, 0.15) is 15.7 Å². The fraction of sp³-hybridized carbons (Fsp3) is 0.696. The number of benzene rings is 1. The van der Waals surface area contributed by atoms with Crippen molar-refractivity contribution in [3.05, 3.63) is 23.5 Å². The molecule has 2 N–H and O–H groups in total. The summed E-state index contributed by atoms with van der Waals surface area (Å²) in [5.74, 6) is 1.45. The summed E-state index contributed by atoms with van der Waals surface area (Å²) >= 11 is 0. The molecule has 3 aliphatic carbocycles. The van der Waals surface area contributed by atoms with Gasteiger partial charge in [-0.1, -0.05) is 19.3 Å². The van der Waals surface area contributed by atoms with Crippen molar-refractivity contribution in [3.63, 3.8) is 0 Å². The number of carbonyl (C=O) groups is 1. The van der Waals surface area contributed by atoms with E-state index in [-0.39, 0.29) is 22.3 Å². The van der Waals surface area contributed by atoms with Crippen LogP contribution in [-0.4, -0.2) is 29.1 Å². The molecule has 3 unspecified atom stereocenters. The van der Waals surface area contributed by atoms with Crippen molar-refractivity contribution >= 4 is 15.8 Å². The SMILES string of the molecule is COc1cc(C(=O)NS(=N)(=O)C2CC2)c(F)cc1OCCCC1CC2CCC[C@H](C1)C2. The monoisotopic (exact) mass is 452 g/mol. The standard InChI is InChI=1S/C23H33FN2O4S/c1-29-21-13-19(23(27)26-31(25,28)18-7-8-18)20(24)14-22(21)30-9-3-6-17-11-15-4-2-5-16(10-15)12-17/h13-18H,2-12H2,1H3,(H2,25,26,27,28)/t15-,16?,17?,31?/m0/s1. The van der Waals surface area contributed by atoms with Crippen LogP contribution in [0.4, 0.5) is 4.39 Å². The Bertz CT molecular complexity index is 904. The Morgan fingerprint density at radius 3 is 2.52 bits per heavy atom. The van der Waals surface area contributed by atoms with E-state index in [1.165, 1.54) is 51.7 Å². The summed E-state index contributed by atoms with van der Waals surface area (Å²) in [4.78, 5) is 12.4. The van der Waals surface area contributed by atoms with Crippen LogP contribution in [0.1, 0.15) is 74.6 Å². The van der Waals surface area contributed by atoms with Crippen LogP contribution in [0, 0.1) is 28.4 Å². The predicted octanol–water partition coefficient (Wildman–Crippen LogP) is 5.06. The van der Waals surface area contributed by atoms with Gasteiger partial charge in [0.2, 0.25) is 0 Å². The molecule has 0 saturated heterocycles. The number of rotatable bonds is 9. The molecule has 8 heteroatoms. The van der Waals surface area contributed by atoms with E-state index in [4.69, 9.17) is 14.3 Å². The number of fused-ring (bicyclic) bond motifs is 2. The van der Waals surface area contributed by atoms with Gasteiger partial charge in [0.25, 0.3) is 5.91 Å². The van der Waals surface area contributed by atoms with Gasteiger partial charge >= 0.3 is 0 Å². The molecule has 3 saturated carbocycles. The second-order valence-corrected chi connectivity index (χ2v) is 11.5. The van der Waals surface area contributed by atoms with Crippen LogP contribution in [0.15, 0.2) is 12.1 Å². The summed E-state index contributed by atoms with van der Waals surface area (Å²) < 4.78 is 47.8. The maximum Gasteiger partial charge on any atom is 0.266 e. The number of hydrogen-bond acceptors (Lipinski definition) is 5. The first-order valence-electron chi connectivity index (χ1n) is 11.5.